The summed E-state index contributed by atoms with van der Waals surface area (Å²) in [6.45, 7) is 7.26. The molecule has 0 unspecified atom stereocenters. The van der Waals surface area contributed by atoms with Crippen LogP contribution in [0, 0.1) is 6.92 Å². The fourth-order valence-electron chi connectivity index (χ4n) is 2.67. The van der Waals surface area contributed by atoms with E-state index in [4.69, 9.17) is 17.3 Å². The number of benzene rings is 1. The number of hydrogen-bond donors (Lipinski definition) is 2. The van der Waals surface area contributed by atoms with Crippen LogP contribution in [-0.4, -0.2) is 11.5 Å². The number of aromatic nitrogens is 1. The molecule has 0 radical (unpaired) electrons. The van der Waals surface area contributed by atoms with E-state index in [1.807, 2.05) is 12.1 Å². The number of fused-ring (bicyclic) bond motifs is 1. The fraction of sp³-hybridized carbons (Fsp3) is 0.429. The highest BCUT2D eigenvalue weighted by Crippen LogP contribution is 2.37. The second kappa shape index (κ2) is 4.35. The first kappa shape index (κ1) is 12.5. The van der Waals surface area contributed by atoms with Crippen LogP contribution in [0.15, 0.2) is 18.2 Å². The maximum atomic E-state index is 6.21. The largest absolute Gasteiger partial charge is 0.357 e. The van der Waals surface area contributed by atoms with Gasteiger partial charge in [0.15, 0.2) is 0 Å². The Labute approximate surface area is 107 Å². The van der Waals surface area contributed by atoms with Crippen LogP contribution in [0.25, 0.3) is 10.9 Å². The summed E-state index contributed by atoms with van der Waals surface area (Å²) in [5, 5.41) is 1.99. The molecule has 1 aromatic carbocycles. The molecule has 0 bridgehead atoms. The van der Waals surface area contributed by atoms with E-state index in [1.54, 1.807) is 0 Å². The highest BCUT2D eigenvalue weighted by molar-refractivity contribution is 6.35. The van der Waals surface area contributed by atoms with Crippen molar-refractivity contribution in [2.24, 2.45) is 5.73 Å². The predicted octanol–water partition coefficient (Wildman–Crippen LogP) is 3.76. The fourth-order valence-corrected chi connectivity index (χ4v) is 2.89. The van der Waals surface area contributed by atoms with Crippen LogP contribution in [-0.2, 0) is 5.41 Å². The van der Waals surface area contributed by atoms with E-state index < -0.39 is 0 Å². The van der Waals surface area contributed by atoms with Crippen molar-refractivity contribution in [1.29, 1.82) is 0 Å². The molecule has 0 aliphatic heterocycles. The lowest BCUT2D eigenvalue weighted by atomic mass is 9.80. The zero-order valence-corrected chi connectivity index (χ0v) is 11.4. The molecule has 0 saturated carbocycles. The Morgan fingerprint density at radius 3 is 2.71 bits per heavy atom. The summed E-state index contributed by atoms with van der Waals surface area (Å²) in [4.78, 5) is 3.39. The minimum Gasteiger partial charge on any atom is -0.357 e. The average Bonchev–Trinajstić information content (AvgIpc) is 2.56. The van der Waals surface area contributed by atoms with E-state index in [0.717, 1.165) is 17.0 Å². The van der Waals surface area contributed by atoms with Crippen molar-refractivity contribution in [3.05, 3.63) is 34.5 Å². The maximum Gasteiger partial charge on any atom is 0.0648 e. The molecule has 0 saturated heterocycles. The van der Waals surface area contributed by atoms with E-state index in [2.05, 4.69) is 31.8 Å². The molecule has 1 heterocycles. The molecule has 0 fully saturated rings. The summed E-state index contributed by atoms with van der Waals surface area (Å²) in [6, 6.07) is 6.04. The first-order chi connectivity index (χ1) is 7.97. The number of nitrogens with one attached hydrogen (secondary N) is 1. The molecule has 0 amide bonds. The van der Waals surface area contributed by atoms with Crippen molar-refractivity contribution < 1.29 is 0 Å². The molecular weight excluding hydrogens is 232 g/mol. The normalized spacial score (nSPS) is 12.3. The molecule has 2 nitrogen and oxygen atoms in total. The Morgan fingerprint density at radius 1 is 1.35 bits per heavy atom. The highest BCUT2D eigenvalue weighted by atomic mass is 35.5. The van der Waals surface area contributed by atoms with Gasteiger partial charge in [-0.15, -0.1) is 0 Å². The van der Waals surface area contributed by atoms with Gasteiger partial charge >= 0.3 is 0 Å². The van der Waals surface area contributed by atoms with Gasteiger partial charge in [-0.25, -0.2) is 0 Å². The number of aryl methyl sites for hydroxylation is 1. The number of H-pyrrole nitrogens is 1. The molecule has 0 aliphatic carbocycles. The van der Waals surface area contributed by atoms with Crippen LogP contribution in [0.2, 0.25) is 5.02 Å². The van der Waals surface area contributed by atoms with Crippen molar-refractivity contribution in [2.45, 2.75) is 32.6 Å². The Balaban J connectivity index is 2.69. The molecule has 2 rings (SSSR count). The lowest BCUT2D eigenvalue weighted by Gasteiger charge is -2.25. The van der Waals surface area contributed by atoms with E-state index in [0.29, 0.717) is 6.54 Å². The molecule has 3 heteroatoms. The monoisotopic (exact) mass is 250 g/mol. The minimum atomic E-state index is 0.0712. The Morgan fingerprint density at radius 2 is 2.06 bits per heavy atom. The summed E-state index contributed by atoms with van der Waals surface area (Å²) in [5.74, 6) is 0. The molecule has 2 aromatic rings. The van der Waals surface area contributed by atoms with Crippen molar-refractivity contribution in [1.82, 2.24) is 4.98 Å². The second-order valence-electron chi connectivity index (χ2n) is 5.21. The zero-order valence-electron chi connectivity index (χ0n) is 10.6. The van der Waals surface area contributed by atoms with Crippen LogP contribution in [0.1, 0.15) is 31.5 Å². The summed E-state index contributed by atoms with van der Waals surface area (Å²) >= 11 is 6.21. The van der Waals surface area contributed by atoms with Gasteiger partial charge in [0.05, 0.1) is 10.5 Å². The Kier molecular flexibility index (Phi) is 3.19. The van der Waals surface area contributed by atoms with Crippen molar-refractivity contribution in [3.63, 3.8) is 0 Å². The number of aromatic amines is 1. The maximum absolute atomic E-state index is 6.21. The van der Waals surface area contributed by atoms with E-state index in [9.17, 15) is 0 Å². The predicted molar refractivity (Wildman–Crippen MR) is 74.7 cm³/mol. The lowest BCUT2D eigenvalue weighted by Crippen LogP contribution is -2.22. The molecule has 3 N–H and O–H groups in total. The molecule has 92 valence electrons. The van der Waals surface area contributed by atoms with Gasteiger partial charge in [-0.3, -0.25) is 0 Å². The third-order valence-electron chi connectivity index (χ3n) is 3.42. The summed E-state index contributed by atoms with van der Waals surface area (Å²) < 4.78 is 0. The zero-order chi connectivity index (χ0) is 12.6. The molecule has 17 heavy (non-hydrogen) atoms. The Bertz CT molecular complexity index is 540. The molecule has 0 aliphatic rings. The lowest BCUT2D eigenvalue weighted by molar-refractivity contribution is 0.489. The quantitative estimate of drug-likeness (QED) is 0.856. The molecule has 1 aromatic heterocycles. The van der Waals surface area contributed by atoms with Gasteiger partial charge < -0.3 is 10.7 Å². The van der Waals surface area contributed by atoms with E-state index in [1.165, 1.54) is 16.6 Å². The smallest absolute Gasteiger partial charge is 0.0648 e. The van der Waals surface area contributed by atoms with Crippen LogP contribution in [0.3, 0.4) is 0 Å². The number of nitrogens with two attached hydrogens (primary N) is 1. The number of halogens is 1. The van der Waals surface area contributed by atoms with Crippen LogP contribution < -0.4 is 5.73 Å². The van der Waals surface area contributed by atoms with E-state index >= 15 is 0 Å². The van der Waals surface area contributed by atoms with Crippen molar-refractivity contribution in [2.75, 3.05) is 6.54 Å². The van der Waals surface area contributed by atoms with Gasteiger partial charge in [0.2, 0.25) is 0 Å². The first-order valence-corrected chi connectivity index (χ1v) is 6.32. The SMILES string of the molecule is Cc1[nH]c2c(Cl)cccc2c1C(C)(C)CCN. The molecular formula is C14H19ClN2. The topological polar surface area (TPSA) is 41.8 Å². The first-order valence-electron chi connectivity index (χ1n) is 5.94. The van der Waals surface area contributed by atoms with Crippen molar-refractivity contribution in [3.8, 4) is 0 Å². The van der Waals surface area contributed by atoms with Crippen LogP contribution in [0.5, 0.6) is 0 Å². The van der Waals surface area contributed by atoms with Crippen LogP contribution in [0.4, 0.5) is 0 Å². The van der Waals surface area contributed by atoms with Gasteiger partial charge in [0, 0.05) is 11.1 Å². The average molecular weight is 251 g/mol. The van der Waals surface area contributed by atoms with Crippen LogP contribution >= 0.6 is 11.6 Å². The number of hydrogen-bond acceptors (Lipinski definition) is 1. The minimum absolute atomic E-state index is 0.0712. The van der Waals surface area contributed by atoms with Gasteiger partial charge in [-0.05, 0) is 36.9 Å². The van der Waals surface area contributed by atoms with E-state index in [-0.39, 0.29) is 5.41 Å². The van der Waals surface area contributed by atoms with Gasteiger partial charge in [0.25, 0.3) is 0 Å². The Hall–Kier alpha value is -0.990. The summed E-state index contributed by atoms with van der Waals surface area (Å²) in [7, 11) is 0. The third-order valence-corrected chi connectivity index (χ3v) is 3.73. The summed E-state index contributed by atoms with van der Waals surface area (Å²) in [5.41, 5.74) is 9.33. The highest BCUT2D eigenvalue weighted by Gasteiger charge is 2.26. The summed E-state index contributed by atoms with van der Waals surface area (Å²) in [6.07, 6.45) is 0.966. The van der Waals surface area contributed by atoms with Gasteiger partial charge in [-0.1, -0.05) is 37.6 Å². The molecule has 0 atom stereocenters. The van der Waals surface area contributed by atoms with Crippen molar-refractivity contribution >= 4 is 22.5 Å². The van der Waals surface area contributed by atoms with Gasteiger partial charge in [-0.2, -0.15) is 0 Å². The number of rotatable bonds is 3. The third kappa shape index (κ3) is 2.07. The number of para-hydroxylation sites is 1. The molecule has 0 spiro atoms. The second-order valence-corrected chi connectivity index (χ2v) is 5.62. The van der Waals surface area contributed by atoms with Gasteiger partial charge in [0.1, 0.15) is 0 Å². The standard InChI is InChI=1S/C14H19ClN2/c1-9-12(14(2,3)7-8-16)10-5-4-6-11(15)13(10)17-9/h4-6,17H,7-8,16H2,1-3H3.